The van der Waals surface area contributed by atoms with Crippen LogP contribution in [0, 0.1) is 17.3 Å². The Bertz CT molecular complexity index is 387. The molecule has 2 aliphatic heterocycles. The molecule has 0 spiro atoms. The van der Waals surface area contributed by atoms with E-state index in [0.29, 0.717) is 38.7 Å². The molecule has 0 aromatic heterocycles. The lowest BCUT2D eigenvalue weighted by Crippen LogP contribution is -2.44. The van der Waals surface area contributed by atoms with Gasteiger partial charge in [-0.3, -0.25) is 9.59 Å². The summed E-state index contributed by atoms with van der Waals surface area (Å²) < 4.78 is 10.5. The third-order valence-corrected chi connectivity index (χ3v) is 4.19. The van der Waals surface area contributed by atoms with Crippen molar-refractivity contribution < 1.29 is 19.1 Å². The Morgan fingerprint density at radius 1 is 1.47 bits per heavy atom. The standard InChI is InChI=1S/C14H21NO4/c1-14(7-18-8-14)9-19-13(17)11-4-12(16)15(6-11)5-10-2-3-10/h10-11H,2-9H2,1H3/t11-/m1/s1. The Hall–Kier alpha value is -1.10. The average molecular weight is 267 g/mol. The van der Waals surface area contributed by atoms with Crippen LogP contribution in [0.3, 0.4) is 0 Å². The highest BCUT2D eigenvalue weighted by atomic mass is 16.5. The summed E-state index contributed by atoms with van der Waals surface area (Å²) in [4.78, 5) is 25.6. The number of carbonyl (C=O) groups excluding carboxylic acids is 2. The third-order valence-electron chi connectivity index (χ3n) is 4.19. The molecule has 19 heavy (non-hydrogen) atoms. The van der Waals surface area contributed by atoms with Gasteiger partial charge in [-0.25, -0.2) is 0 Å². The predicted octanol–water partition coefficient (Wildman–Crippen LogP) is 0.825. The van der Waals surface area contributed by atoms with E-state index in [2.05, 4.69) is 0 Å². The van der Waals surface area contributed by atoms with Crippen LogP contribution < -0.4 is 0 Å². The summed E-state index contributed by atoms with van der Waals surface area (Å²) in [5.41, 5.74) is -0.0219. The normalized spacial score (nSPS) is 29.2. The summed E-state index contributed by atoms with van der Waals surface area (Å²) in [5.74, 6) is 0.285. The molecule has 5 heteroatoms. The number of amides is 1. The van der Waals surface area contributed by atoms with E-state index in [0.717, 1.165) is 6.54 Å². The first-order valence-corrected chi connectivity index (χ1v) is 7.08. The maximum absolute atomic E-state index is 12.0. The number of nitrogens with zero attached hydrogens (tertiary/aromatic N) is 1. The van der Waals surface area contributed by atoms with Crippen LogP contribution in [0.4, 0.5) is 0 Å². The summed E-state index contributed by atoms with van der Waals surface area (Å²) in [7, 11) is 0. The minimum absolute atomic E-state index is 0.0219. The Labute approximate surface area is 113 Å². The predicted molar refractivity (Wildman–Crippen MR) is 67.3 cm³/mol. The lowest BCUT2D eigenvalue weighted by molar-refractivity contribution is -0.168. The van der Waals surface area contributed by atoms with Crippen LogP contribution in [0.2, 0.25) is 0 Å². The van der Waals surface area contributed by atoms with Gasteiger partial charge in [0.1, 0.15) is 6.61 Å². The van der Waals surface area contributed by atoms with Crippen molar-refractivity contribution in [3.05, 3.63) is 0 Å². The second-order valence-corrected chi connectivity index (χ2v) is 6.55. The smallest absolute Gasteiger partial charge is 0.311 e. The zero-order valence-electron chi connectivity index (χ0n) is 11.4. The SMILES string of the molecule is CC1(COC(=O)[C@@H]2CC(=O)N(CC3CC3)C2)COC1. The van der Waals surface area contributed by atoms with E-state index >= 15 is 0 Å². The minimum Gasteiger partial charge on any atom is -0.465 e. The summed E-state index contributed by atoms with van der Waals surface area (Å²) in [5, 5.41) is 0. The fourth-order valence-corrected chi connectivity index (χ4v) is 2.62. The van der Waals surface area contributed by atoms with Crippen LogP contribution in [0.5, 0.6) is 0 Å². The topological polar surface area (TPSA) is 55.8 Å². The zero-order chi connectivity index (χ0) is 13.5. The van der Waals surface area contributed by atoms with Crippen LogP contribution in [-0.4, -0.2) is 49.7 Å². The largest absolute Gasteiger partial charge is 0.465 e. The van der Waals surface area contributed by atoms with Crippen molar-refractivity contribution in [3.63, 3.8) is 0 Å². The van der Waals surface area contributed by atoms with E-state index in [4.69, 9.17) is 9.47 Å². The first-order valence-electron chi connectivity index (χ1n) is 7.08. The van der Waals surface area contributed by atoms with Gasteiger partial charge in [-0.05, 0) is 18.8 Å². The second kappa shape index (κ2) is 4.78. The molecule has 1 atom stereocenters. The second-order valence-electron chi connectivity index (χ2n) is 6.55. The molecule has 1 aliphatic carbocycles. The zero-order valence-corrected chi connectivity index (χ0v) is 11.4. The lowest BCUT2D eigenvalue weighted by atomic mass is 9.90. The maximum Gasteiger partial charge on any atom is 0.311 e. The molecule has 0 N–H and O–H groups in total. The van der Waals surface area contributed by atoms with E-state index in [1.807, 2.05) is 11.8 Å². The Kier molecular flexibility index (Phi) is 3.25. The maximum atomic E-state index is 12.0. The summed E-state index contributed by atoms with van der Waals surface area (Å²) >= 11 is 0. The van der Waals surface area contributed by atoms with Crippen molar-refractivity contribution in [1.29, 1.82) is 0 Å². The van der Waals surface area contributed by atoms with Crippen LogP contribution in [0.25, 0.3) is 0 Å². The third kappa shape index (κ3) is 2.91. The van der Waals surface area contributed by atoms with E-state index in [1.54, 1.807) is 0 Å². The highest BCUT2D eigenvalue weighted by molar-refractivity contribution is 5.86. The van der Waals surface area contributed by atoms with Gasteiger partial charge in [0.2, 0.25) is 5.91 Å². The Morgan fingerprint density at radius 3 is 2.79 bits per heavy atom. The van der Waals surface area contributed by atoms with Gasteiger partial charge in [0.25, 0.3) is 0 Å². The summed E-state index contributed by atoms with van der Waals surface area (Å²) in [6.45, 7) is 5.12. The van der Waals surface area contributed by atoms with E-state index < -0.39 is 0 Å². The molecule has 3 fully saturated rings. The molecule has 3 aliphatic rings. The monoisotopic (exact) mass is 267 g/mol. The molecule has 2 heterocycles. The molecule has 2 saturated heterocycles. The first kappa shape index (κ1) is 12.9. The van der Waals surface area contributed by atoms with Crippen molar-refractivity contribution in [2.24, 2.45) is 17.3 Å². The van der Waals surface area contributed by atoms with Crippen LogP contribution >= 0.6 is 0 Å². The van der Waals surface area contributed by atoms with Crippen LogP contribution in [0.15, 0.2) is 0 Å². The lowest BCUT2D eigenvalue weighted by Gasteiger charge is -2.37. The van der Waals surface area contributed by atoms with Gasteiger partial charge in [-0.15, -0.1) is 0 Å². The Balaban J connectivity index is 1.46. The molecule has 0 aromatic rings. The molecule has 0 radical (unpaired) electrons. The highest BCUT2D eigenvalue weighted by Crippen LogP contribution is 2.32. The molecule has 3 rings (SSSR count). The van der Waals surface area contributed by atoms with Crippen molar-refractivity contribution in [2.75, 3.05) is 32.9 Å². The van der Waals surface area contributed by atoms with Gasteiger partial charge in [-0.1, -0.05) is 6.92 Å². The first-order chi connectivity index (χ1) is 9.06. The number of rotatable bonds is 5. The van der Waals surface area contributed by atoms with Crippen LogP contribution in [0.1, 0.15) is 26.2 Å². The van der Waals surface area contributed by atoms with Crippen molar-refractivity contribution >= 4 is 11.9 Å². The van der Waals surface area contributed by atoms with Crippen molar-refractivity contribution in [1.82, 2.24) is 4.90 Å². The van der Waals surface area contributed by atoms with Crippen molar-refractivity contribution in [3.8, 4) is 0 Å². The van der Waals surface area contributed by atoms with E-state index in [1.165, 1.54) is 12.8 Å². The van der Waals surface area contributed by atoms with Gasteiger partial charge in [-0.2, -0.15) is 0 Å². The molecule has 106 valence electrons. The number of carbonyl (C=O) groups is 2. The van der Waals surface area contributed by atoms with Gasteiger partial charge in [0.15, 0.2) is 0 Å². The number of likely N-dealkylation sites (tertiary alicyclic amines) is 1. The van der Waals surface area contributed by atoms with Gasteiger partial charge in [0.05, 0.1) is 19.1 Å². The molecule has 0 bridgehead atoms. The molecule has 1 saturated carbocycles. The molecule has 5 nitrogen and oxygen atoms in total. The molecule has 1 amide bonds. The molecule has 0 unspecified atom stereocenters. The van der Waals surface area contributed by atoms with Gasteiger partial charge < -0.3 is 14.4 Å². The van der Waals surface area contributed by atoms with E-state index in [9.17, 15) is 9.59 Å². The minimum atomic E-state index is -0.268. The van der Waals surface area contributed by atoms with Gasteiger partial charge >= 0.3 is 5.97 Å². The fourth-order valence-electron chi connectivity index (χ4n) is 2.62. The summed E-state index contributed by atoms with van der Waals surface area (Å²) in [6, 6.07) is 0. The fraction of sp³-hybridized carbons (Fsp3) is 0.857. The molecular formula is C14H21NO4. The highest BCUT2D eigenvalue weighted by Gasteiger charge is 2.40. The number of ether oxygens (including phenoxy) is 2. The molecule has 0 aromatic carbocycles. The number of hydrogen-bond acceptors (Lipinski definition) is 4. The van der Waals surface area contributed by atoms with Crippen molar-refractivity contribution in [2.45, 2.75) is 26.2 Å². The Morgan fingerprint density at radius 2 is 2.21 bits per heavy atom. The van der Waals surface area contributed by atoms with Crippen LogP contribution in [-0.2, 0) is 19.1 Å². The quantitative estimate of drug-likeness (QED) is 0.692. The van der Waals surface area contributed by atoms with E-state index in [-0.39, 0.29) is 23.2 Å². The average Bonchev–Trinajstić information content (AvgIpc) is 3.08. The number of hydrogen-bond donors (Lipinski definition) is 0. The number of esters is 1. The van der Waals surface area contributed by atoms with Gasteiger partial charge in [0, 0.05) is 24.9 Å². The summed E-state index contributed by atoms with van der Waals surface area (Å²) in [6.07, 6.45) is 2.76. The molecular weight excluding hydrogens is 246 g/mol.